The second kappa shape index (κ2) is 33.6. The topological polar surface area (TPSA) is 582 Å². The van der Waals surface area contributed by atoms with Crippen LogP contribution in [-0.2, 0) is 68.7 Å². The van der Waals surface area contributed by atoms with Crippen LogP contribution in [-0.4, -0.2) is 204 Å². The van der Waals surface area contributed by atoms with Crippen molar-refractivity contribution in [1.82, 2.24) is 52.1 Å². The summed E-state index contributed by atoms with van der Waals surface area (Å²) in [5.74, 6) is -16.2. The first-order valence-electron chi connectivity index (χ1n) is 24.9. The molecular weight excluding hydrogens is 1050 g/mol. The van der Waals surface area contributed by atoms with Crippen molar-refractivity contribution in [2.45, 2.75) is 157 Å². The summed E-state index contributed by atoms with van der Waals surface area (Å²) in [5, 5.41) is 64.8. The number of hydrogen-bond acceptors (Lipinski definition) is 18. The first-order chi connectivity index (χ1) is 37.1. The number of aromatic amines is 1. The van der Waals surface area contributed by atoms with Crippen LogP contribution in [0.5, 0.6) is 0 Å². The third-order valence-corrected chi connectivity index (χ3v) is 12.0. The highest BCUT2D eigenvalue weighted by atomic mass is 16.4. The lowest BCUT2D eigenvalue weighted by Crippen LogP contribution is -2.62. The molecule has 23 N–H and O–H groups in total. The molecule has 2 heterocycles. The Hall–Kier alpha value is -8.53. The van der Waals surface area contributed by atoms with Gasteiger partial charge in [-0.3, -0.25) is 62.5 Å². The summed E-state index contributed by atoms with van der Waals surface area (Å²) in [7, 11) is 0. The number of likely N-dealkylation sites (tertiary alicyclic amines) is 1. The van der Waals surface area contributed by atoms with Gasteiger partial charge in [-0.15, -0.1) is 0 Å². The number of carboxylic acids is 4. The second-order valence-corrected chi connectivity index (χ2v) is 18.4. The molecule has 0 unspecified atom stereocenters. The largest absolute Gasteiger partial charge is 0.481 e. The molecule has 2 rings (SSSR count). The Balaban J connectivity index is 2.40. The number of amides is 9. The van der Waals surface area contributed by atoms with Crippen LogP contribution in [0.1, 0.15) is 96.1 Å². The molecule has 1 saturated heterocycles. The number of guanidine groups is 1. The average Bonchev–Trinajstić information content (AvgIpc) is 4.08. The summed E-state index contributed by atoms with van der Waals surface area (Å²) in [6.07, 6.45) is -3.46. The highest BCUT2D eigenvalue weighted by molar-refractivity contribution is 5.99. The monoisotopic (exact) mass is 1120 g/mol. The van der Waals surface area contributed by atoms with Crippen molar-refractivity contribution in [3.63, 3.8) is 0 Å². The number of nitrogens with two attached hydrogens (primary N) is 5. The molecule has 1 aromatic heterocycles. The fourth-order valence-electron chi connectivity index (χ4n) is 7.87. The third kappa shape index (κ3) is 24.1. The van der Waals surface area contributed by atoms with Gasteiger partial charge in [-0.2, -0.15) is 0 Å². The number of carbonyl (C=O) groups is 13. The number of unbranched alkanes of at least 4 members (excludes halogenated alkanes) is 1. The summed E-state index contributed by atoms with van der Waals surface area (Å²) in [5.41, 5.74) is 27.6. The zero-order valence-corrected chi connectivity index (χ0v) is 43.2. The summed E-state index contributed by atoms with van der Waals surface area (Å²) >= 11 is 0. The highest BCUT2D eigenvalue weighted by Gasteiger charge is 2.42. The van der Waals surface area contributed by atoms with E-state index in [0.29, 0.717) is 18.5 Å². The Bertz CT molecular complexity index is 2350. The molecule has 0 saturated carbocycles. The first kappa shape index (κ1) is 66.6. The number of aliphatic imine (C=N–C) groups is 1. The van der Waals surface area contributed by atoms with Crippen LogP contribution in [0.25, 0.3) is 0 Å². The maximum absolute atomic E-state index is 14.2. The minimum Gasteiger partial charge on any atom is -0.481 e. The van der Waals surface area contributed by atoms with Crippen molar-refractivity contribution >= 4 is 83.0 Å². The molecular formula is C45H72N16O18. The van der Waals surface area contributed by atoms with E-state index in [1.807, 2.05) is 0 Å². The maximum atomic E-state index is 14.2. The smallest absolute Gasteiger partial charge is 0.326 e. The van der Waals surface area contributed by atoms with Crippen molar-refractivity contribution < 1.29 is 87.9 Å². The van der Waals surface area contributed by atoms with Crippen molar-refractivity contribution in [2.24, 2.45) is 33.7 Å². The quantitative estimate of drug-likeness (QED) is 0.0167. The van der Waals surface area contributed by atoms with Gasteiger partial charge in [0.1, 0.15) is 48.3 Å². The minimum atomic E-state index is -1.93. The summed E-state index contributed by atoms with van der Waals surface area (Å²) < 4.78 is 0. The van der Waals surface area contributed by atoms with Gasteiger partial charge in [0, 0.05) is 44.2 Å². The normalized spacial score (nSPS) is 16.3. The van der Waals surface area contributed by atoms with E-state index in [1.54, 1.807) is 0 Å². The fraction of sp³-hybridized carbons (Fsp3) is 0.622. The molecule has 34 nitrogen and oxygen atoms in total. The summed E-state index contributed by atoms with van der Waals surface area (Å²) in [6.45, 7) is 1.08. The minimum absolute atomic E-state index is 0.00662. The maximum Gasteiger partial charge on any atom is 0.326 e. The number of nitrogens with one attached hydrogen (secondary N) is 8. The number of aliphatic carboxylic acids is 4. The number of H-pyrrole nitrogens is 1. The predicted octanol–water partition coefficient (Wildman–Crippen LogP) is -7.61. The van der Waals surface area contributed by atoms with Gasteiger partial charge in [0.15, 0.2) is 5.96 Å². The molecule has 440 valence electrons. The highest BCUT2D eigenvalue weighted by Crippen LogP contribution is 2.20. The molecule has 34 heteroatoms. The van der Waals surface area contributed by atoms with Gasteiger partial charge in [0.05, 0.1) is 31.3 Å². The Labute approximate surface area is 450 Å². The van der Waals surface area contributed by atoms with Crippen molar-refractivity contribution in [2.75, 3.05) is 19.6 Å². The molecule has 0 bridgehead atoms. The Kier molecular flexibility index (Phi) is 28.3. The van der Waals surface area contributed by atoms with Gasteiger partial charge < -0.3 is 101 Å². The summed E-state index contributed by atoms with van der Waals surface area (Å²) in [6, 6.07) is -15.0. The van der Waals surface area contributed by atoms with Crippen molar-refractivity contribution in [3.05, 3.63) is 18.2 Å². The summed E-state index contributed by atoms with van der Waals surface area (Å²) in [4.78, 5) is 180. The number of nitrogens with zero attached hydrogens (tertiary/aromatic N) is 3. The lowest BCUT2D eigenvalue weighted by Gasteiger charge is -2.32. The van der Waals surface area contributed by atoms with E-state index in [0.717, 1.165) is 11.8 Å². The van der Waals surface area contributed by atoms with Crippen LogP contribution >= 0.6 is 0 Å². The molecule has 1 aliphatic rings. The van der Waals surface area contributed by atoms with E-state index in [4.69, 9.17) is 33.8 Å². The average molecular weight is 1130 g/mol. The number of hydrogen-bond donors (Lipinski definition) is 18. The van der Waals surface area contributed by atoms with E-state index in [-0.39, 0.29) is 64.1 Å². The second-order valence-electron chi connectivity index (χ2n) is 18.4. The fourth-order valence-corrected chi connectivity index (χ4v) is 7.87. The predicted molar refractivity (Wildman–Crippen MR) is 270 cm³/mol. The van der Waals surface area contributed by atoms with Gasteiger partial charge in [-0.25, -0.2) is 9.78 Å². The zero-order valence-electron chi connectivity index (χ0n) is 43.2. The number of carbonyl (C=O) groups excluding carboxylic acids is 9. The Morgan fingerprint density at radius 2 is 1.19 bits per heavy atom. The number of primary amides is 1. The molecule has 1 aliphatic heterocycles. The molecule has 0 aromatic carbocycles. The Morgan fingerprint density at radius 3 is 1.70 bits per heavy atom. The van der Waals surface area contributed by atoms with E-state index < -0.39 is 176 Å². The number of carboxylic acid groups (broad SMARTS) is 4. The van der Waals surface area contributed by atoms with Crippen molar-refractivity contribution in [3.8, 4) is 0 Å². The number of imidazole rings is 1. The van der Waals surface area contributed by atoms with Crippen LogP contribution in [0.3, 0.4) is 0 Å². The van der Waals surface area contributed by atoms with Crippen LogP contribution < -0.4 is 65.9 Å². The lowest BCUT2D eigenvalue weighted by molar-refractivity contribution is -0.145. The first-order valence-corrected chi connectivity index (χ1v) is 24.9. The van der Waals surface area contributed by atoms with Gasteiger partial charge in [0.25, 0.3) is 0 Å². The van der Waals surface area contributed by atoms with Crippen LogP contribution in [0.2, 0.25) is 0 Å². The number of rotatable bonds is 37. The van der Waals surface area contributed by atoms with Gasteiger partial charge in [-0.05, 0) is 71.3 Å². The number of aliphatic hydroxyl groups excluding tert-OH is 1. The van der Waals surface area contributed by atoms with E-state index in [1.165, 1.54) is 12.5 Å². The van der Waals surface area contributed by atoms with E-state index in [9.17, 15) is 82.8 Å². The third-order valence-electron chi connectivity index (χ3n) is 12.0. The standard InChI is InChI=1S/C45H72N16O18/c1-21(62)35(60-39(73)26(10-12-33(66)67)56-38(72)25(9-11-32(64)65)55-37(71)24(7-4-14-52-45(49)50)54-36(70)23(47)17-34(68)69)43(77)61-15-5-8-30(61)42(76)59-29(18-31(48)63)41(75)58-28(16-22-19-51-20-53-22)40(74)57-27(44(78)79)6-2-3-13-46/h19-21,23-30,35,62H,2-18,46-47H2,1H3,(H2,48,63)(H,51,53)(H,54,70)(H,55,71)(H,56,72)(H,57,74)(H,58,75)(H,59,76)(H,60,73)(H,64,65)(H,66,67)(H,68,69)(H,78,79)(H4,49,50,52)/t21-,23+,24+,25+,26+,27+,28+,29+,30+,35+/m1/s1. The molecule has 0 spiro atoms. The Morgan fingerprint density at radius 1 is 0.671 bits per heavy atom. The van der Waals surface area contributed by atoms with Gasteiger partial charge >= 0.3 is 23.9 Å². The molecule has 9 amide bonds. The molecule has 1 fully saturated rings. The molecule has 10 atom stereocenters. The van der Waals surface area contributed by atoms with E-state index >= 15 is 0 Å². The van der Waals surface area contributed by atoms with Gasteiger partial charge in [-0.1, -0.05) is 0 Å². The van der Waals surface area contributed by atoms with Crippen LogP contribution in [0, 0.1) is 0 Å². The lowest BCUT2D eigenvalue weighted by atomic mass is 10.0. The SMILES string of the molecule is C[C@@H](O)[C@H](NC(=O)[C@H](CCC(=O)O)NC(=O)[C@H](CCC(=O)O)NC(=O)[C@H](CCCN=C(N)N)NC(=O)[C@@H](N)CC(=O)O)C(=O)N1CCC[C@H]1C(=O)N[C@@H](CC(N)=O)C(=O)N[C@@H](Cc1cnc[nH]1)C(=O)N[C@@H](CCCCN)C(=O)O. The van der Waals surface area contributed by atoms with Crippen LogP contribution in [0.15, 0.2) is 17.5 Å². The molecule has 1 aromatic rings. The van der Waals surface area contributed by atoms with Crippen LogP contribution in [0.4, 0.5) is 0 Å². The number of aliphatic hydroxyl groups is 1. The zero-order chi connectivity index (χ0) is 59.5. The van der Waals surface area contributed by atoms with E-state index in [2.05, 4.69) is 52.2 Å². The molecule has 79 heavy (non-hydrogen) atoms. The number of aromatic nitrogens is 2. The van der Waals surface area contributed by atoms with Gasteiger partial charge in [0.2, 0.25) is 53.2 Å². The van der Waals surface area contributed by atoms with Crippen molar-refractivity contribution in [1.29, 1.82) is 0 Å². The molecule has 0 radical (unpaired) electrons. The molecule has 0 aliphatic carbocycles.